The lowest BCUT2D eigenvalue weighted by Crippen LogP contribution is -2.36. The second-order valence-corrected chi connectivity index (χ2v) is 10.1. The van der Waals surface area contributed by atoms with Crippen molar-refractivity contribution in [3.63, 3.8) is 0 Å². The van der Waals surface area contributed by atoms with Crippen LogP contribution in [0.15, 0.2) is 63.5 Å². The molecule has 1 fully saturated rings. The van der Waals surface area contributed by atoms with Gasteiger partial charge in [0.25, 0.3) is 11.8 Å². The zero-order valence-corrected chi connectivity index (χ0v) is 22.9. The zero-order chi connectivity index (χ0) is 28.9. The minimum absolute atomic E-state index is 0.322. The van der Waals surface area contributed by atoms with Crippen molar-refractivity contribution < 1.29 is 27.7 Å². The molecule has 0 spiro atoms. The summed E-state index contributed by atoms with van der Waals surface area (Å²) in [6.45, 7) is 3.63. The third-order valence-electron chi connectivity index (χ3n) is 7.41. The predicted octanol–water partition coefficient (Wildman–Crippen LogP) is 5.69. The van der Waals surface area contributed by atoms with E-state index < -0.39 is 5.54 Å². The van der Waals surface area contributed by atoms with E-state index in [-0.39, 0.29) is 17.6 Å². The average Bonchev–Trinajstić information content (AvgIpc) is 3.44. The van der Waals surface area contributed by atoms with Gasteiger partial charge in [0.1, 0.15) is 28.4 Å². The number of carbonyl (C=O) groups excluding carboxylic acids is 2. The van der Waals surface area contributed by atoms with E-state index in [1.165, 1.54) is 19.2 Å². The highest BCUT2D eigenvalue weighted by Gasteiger charge is 2.50. The van der Waals surface area contributed by atoms with Crippen LogP contribution in [0, 0.1) is 19.7 Å². The van der Waals surface area contributed by atoms with Gasteiger partial charge in [-0.05, 0) is 85.0 Å². The molecular formula is C31H27FN4O5. The molecule has 3 aromatic carbocycles. The van der Waals surface area contributed by atoms with Crippen LogP contribution in [0.4, 0.5) is 4.39 Å². The summed E-state index contributed by atoms with van der Waals surface area (Å²) in [5.41, 5.74) is 3.53. The van der Waals surface area contributed by atoms with Crippen LogP contribution in [0.5, 0.6) is 5.75 Å². The van der Waals surface area contributed by atoms with Gasteiger partial charge in [0, 0.05) is 24.9 Å². The van der Waals surface area contributed by atoms with Crippen LogP contribution in [0.3, 0.4) is 0 Å². The van der Waals surface area contributed by atoms with Gasteiger partial charge >= 0.3 is 0 Å². The molecule has 2 heterocycles. The maximum Gasteiger partial charge on any atom is 0.255 e. The first-order chi connectivity index (χ1) is 19.7. The molecular weight excluding hydrogens is 527 g/mol. The number of aryl methyl sites for hydroxylation is 2. The van der Waals surface area contributed by atoms with E-state index >= 15 is 0 Å². The Morgan fingerprint density at radius 3 is 2.37 bits per heavy atom. The molecule has 2 amide bonds. The predicted molar refractivity (Wildman–Crippen MR) is 149 cm³/mol. The van der Waals surface area contributed by atoms with E-state index in [1.807, 2.05) is 25.1 Å². The number of nitrogens with one attached hydrogen (secondary N) is 2. The number of benzene rings is 3. The second kappa shape index (κ2) is 9.88. The van der Waals surface area contributed by atoms with Gasteiger partial charge in [-0.3, -0.25) is 9.59 Å². The monoisotopic (exact) mass is 554 g/mol. The van der Waals surface area contributed by atoms with E-state index in [4.69, 9.17) is 13.7 Å². The zero-order valence-electron chi connectivity index (χ0n) is 22.9. The maximum absolute atomic E-state index is 13.6. The summed E-state index contributed by atoms with van der Waals surface area (Å²) < 4.78 is 30.4. The van der Waals surface area contributed by atoms with Crippen molar-refractivity contribution in [2.45, 2.75) is 32.2 Å². The van der Waals surface area contributed by atoms with E-state index in [0.29, 0.717) is 63.7 Å². The second-order valence-electron chi connectivity index (χ2n) is 10.1. The number of carbonyl (C=O) groups is 2. The van der Waals surface area contributed by atoms with Crippen LogP contribution in [0.25, 0.3) is 33.4 Å². The number of halogens is 1. The summed E-state index contributed by atoms with van der Waals surface area (Å²) in [6, 6.07) is 14.9. The molecule has 0 saturated heterocycles. The highest BCUT2D eigenvalue weighted by Crippen LogP contribution is 2.45. The first-order valence-electron chi connectivity index (χ1n) is 13.1. The smallest absolute Gasteiger partial charge is 0.255 e. The normalized spacial score (nSPS) is 13.7. The third-order valence-corrected chi connectivity index (χ3v) is 7.41. The Kier molecular flexibility index (Phi) is 6.33. The van der Waals surface area contributed by atoms with Gasteiger partial charge in [0.15, 0.2) is 5.82 Å². The number of furan rings is 1. The van der Waals surface area contributed by atoms with Gasteiger partial charge in [-0.2, -0.15) is 4.98 Å². The van der Waals surface area contributed by atoms with Gasteiger partial charge in [-0.15, -0.1) is 0 Å². The standard InChI is InChI=1S/C31H27FN4O5/c1-16-13-25(39-4)23(28(37)35-31(11-12-31)30-34-17(2)41-36-30)15-21(16)19-7-10-24-22(14-19)26(29(38)33-3)27(40-24)18-5-8-20(32)9-6-18/h5-10,13-15H,11-12H2,1-4H3,(H,33,38)(H,35,37). The molecule has 0 atom stereocenters. The lowest BCUT2D eigenvalue weighted by Gasteiger charge is -2.17. The molecule has 0 radical (unpaired) electrons. The summed E-state index contributed by atoms with van der Waals surface area (Å²) in [4.78, 5) is 30.9. The summed E-state index contributed by atoms with van der Waals surface area (Å²) in [5, 5.41) is 10.4. The molecule has 2 N–H and O–H groups in total. The lowest BCUT2D eigenvalue weighted by molar-refractivity contribution is 0.0923. The number of rotatable bonds is 7. The third kappa shape index (κ3) is 4.61. The fourth-order valence-corrected chi connectivity index (χ4v) is 5.07. The van der Waals surface area contributed by atoms with Crippen molar-refractivity contribution in [3.8, 4) is 28.2 Å². The number of methoxy groups -OCH3 is 1. The molecule has 0 unspecified atom stereocenters. The van der Waals surface area contributed by atoms with E-state index in [1.54, 1.807) is 38.2 Å². The Hall–Kier alpha value is -4.99. The van der Waals surface area contributed by atoms with Crippen LogP contribution >= 0.6 is 0 Å². The van der Waals surface area contributed by atoms with Crippen LogP contribution in [-0.2, 0) is 5.54 Å². The summed E-state index contributed by atoms with van der Waals surface area (Å²) in [5.74, 6) is 0.619. The number of nitrogens with zero attached hydrogens (tertiary/aromatic N) is 2. The topological polar surface area (TPSA) is 119 Å². The highest BCUT2D eigenvalue weighted by atomic mass is 19.1. The van der Waals surface area contributed by atoms with Gasteiger partial charge in [-0.1, -0.05) is 11.2 Å². The van der Waals surface area contributed by atoms with Crippen LogP contribution < -0.4 is 15.4 Å². The Morgan fingerprint density at radius 1 is 1.00 bits per heavy atom. The van der Waals surface area contributed by atoms with E-state index in [9.17, 15) is 14.0 Å². The lowest BCUT2D eigenvalue weighted by atomic mass is 9.95. The summed E-state index contributed by atoms with van der Waals surface area (Å²) in [7, 11) is 3.06. The number of ether oxygens (including phenoxy) is 1. The van der Waals surface area contributed by atoms with Crippen molar-refractivity contribution in [2.75, 3.05) is 14.2 Å². The molecule has 5 aromatic rings. The first-order valence-corrected chi connectivity index (χ1v) is 13.1. The number of hydrogen-bond acceptors (Lipinski definition) is 7. The molecule has 1 aliphatic rings. The van der Waals surface area contributed by atoms with E-state index in [2.05, 4.69) is 20.8 Å². The maximum atomic E-state index is 13.6. The summed E-state index contributed by atoms with van der Waals surface area (Å²) >= 11 is 0. The molecule has 208 valence electrons. The van der Waals surface area contributed by atoms with Crippen LogP contribution in [-0.4, -0.2) is 36.1 Å². The molecule has 1 aliphatic carbocycles. The van der Waals surface area contributed by atoms with Gasteiger partial charge in [0.2, 0.25) is 5.89 Å². The van der Waals surface area contributed by atoms with Crippen molar-refractivity contribution >= 4 is 22.8 Å². The minimum atomic E-state index is -0.667. The Labute approximate surface area is 234 Å². The molecule has 0 bridgehead atoms. The Bertz CT molecular complexity index is 1820. The minimum Gasteiger partial charge on any atom is -0.496 e. The van der Waals surface area contributed by atoms with E-state index in [0.717, 1.165) is 16.7 Å². The van der Waals surface area contributed by atoms with Gasteiger partial charge in [-0.25, -0.2) is 4.39 Å². The Balaban J connectivity index is 1.43. The molecule has 2 aromatic heterocycles. The molecule has 9 nitrogen and oxygen atoms in total. The SMILES string of the molecule is CNC(=O)c1c(-c2ccc(F)cc2)oc2ccc(-c3cc(C(=O)NC4(c5noc(C)n5)CC4)c(OC)cc3C)cc12. The van der Waals surface area contributed by atoms with Crippen molar-refractivity contribution in [1.82, 2.24) is 20.8 Å². The fraction of sp³-hybridized carbons (Fsp3) is 0.226. The summed E-state index contributed by atoms with van der Waals surface area (Å²) in [6.07, 6.45) is 1.41. The van der Waals surface area contributed by atoms with Crippen molar-refractivity contribution in [2.24, 2.45) is 0 Å². The molecule has 6 rings (SSSR count). The number of amides is 2. The molecule has 0 aliphatic heterocycles. The van der Waals surface area contributed by atoms with Crippen molar-refractivity contribution in [1.29, 1.82) is 0 Å². The molecule has 1 saturated carbocycles. The Morgan fingerprint density at radius 2 is 1.73 bits per heavy atom. The fourth-order valence-electron chi connectivity index (χ4n) is 5.07. The van der Waals surface area contributed by atoms with Gasteiger partial charge in [0.05, 0.1) is 18.2 Å². The van der Waals surface area contributed by atoms with Crippen molar-refractivity contribution in [3.05, 3.63) is 88.8 Å². The van der Waals surface area contributed by atoms with Crippen LogP contribution in [0.2, 0.25) is 0 Å². The molecule has 41 heavy (non-hydrogen) atoms. The average molecular weight is 555 g/mol. The molecule has 10 heteroatoms. The quantitative estimate of drug-likeness (QED) is 0.265. The largest absolute Gasteiger partial charge is 0.496 e. The number of hydrogen-bond donors (Lipinski definition) is 2. The number of fused-ring (bicyclic) bond motifs is 1. The van der Waals surface area contributed by atoms with Gasteiger partial charge < -0.3 is 24.3 Å². The van der Waals surface area contributed by atoms with Crippen LogP contribution in [0.1, 0.15) is 50.8 Å². The highest BCUT2D eigenvalue weighted by molar-refractivity contribution is 6.12. The first kappa shape index (κ1) is 26.2. The number of aromatic nitrogens is 2.